The maximum Gasteiger partial charge on any atom is 0.282 e. The zero-order valence-corrected chi connectivity index (χ0v) is 23.1. The van der Waals surface area contributed by atoms with Gasteiger partial charge in [-0.15, -0.1) is 6.42 Å². The molecule has 6 nitrogen and oxygen atoms in total. The summed E-state index contributed by atoms with van der Waals surface area (Å²) < 4.78 is 14.9. The molecule has 0 aliphatic carbocycles. The van der Waals surface area contributed by atoms with Gasteiger partial charge in [0.25, 0.3) is 5.56 Å². The number of hydrogen-bond donors (Lipinski definition) is 0. The second kappa shape index (κ2) is 11.3. The van der Waals surface area contributed by atoms with E-state index in [2.05, 4.69) is 58.8 Å². The molecule has 33 heavy (non-hydrogen) atoms. The van der Waals surface area contributed by atoms with E-state index in [-0.39, 0.29) is 18.1 Å². The highest BCUT2D eigenvalue weighted by molar-refractivity contribution is 9.13. The van der Waals surface area contributed by atoms with Crippen molar-refractivity contribution in [3.63, 3.8) is 0 Å². The van der Waals surface area contributed by atoms with Gasteiger partial charge in [-0.1, -0.05) is 35.7 Å². The molecule has 1 atom stereocenters. The van der Waals surface area contributed by atoms with E-state index < -0.39 is 0 Å². The Labute approximate surface area is 217 Å². The van der Waals surface area contributed by atoms with Gasteiger partial charge < -0.3 is 9.47 Å². The largest absolute Gasteiger partial charge is 0.490 e. The first-order valence-electron chi connectivity index (χ1n) is 10.3. The molecule has 0 unspecified atom stereocenters. The Kier molecular flexibility index (Phi) is 8.74. The Morgan fingerprint density at radius 2 is 1.97 bits per heavy atom. The Balaban J connectivity index is 2.18. The molecular weight excluding hydrogens is 618 g/mol. The summed E-state index contributed by atoms with van der Waals surface area (Å²) in [5, 5.41) is 5.03. The van der Waals surface area contributed by atoms with Gasteiger partial charge in [-0.2, -0.15) is 9.78 Å². The standard InChI is InChI=1S/C24H22Br3N3O3/c1-5-10-33-22-19(32-7-3)11-15(20(26)21(22)27)13-28-30-23(14(4)6-2)29-18-9-8-16(25)12-17(18)24(30)31/h1,8-9,11-14H,6-7,10H2,2-4H3/t14-/m1/s1. The van der Waals surface area contributed by atoms with E-state index in [1.807, 2.05) is 32.9 Å². The normalized spacial score (nSPS) is 12.2. The average Bonchev–Trinajstić information content (AvgIpc) is 2.81. The number of nitrogens with zero attached hydrogens (tertiary/aromatic N) is 3. The van der Waals surface area contributed by atoms with Crippen LogP contribution in [0.4, 0.5) is 0 Å². The summed E-state index contributed by atoms with van der Waals surface area (Å²) in [6, 6.07) is 7.25. The lowest BCUT2D eigenvalue weighted by Gasteiger charge is -2.16. The fourth-order valence-electron chi connectivity index (χ4n) is 3.11. The fourth-order valence-corrected chi connectivity index (χ4v) is 4.41. The Bertz CT molecular complexity index is 1310. The number of benzene rings is 2. The molecule has 0 fully saturated rings. The van der Waals surface area contributed by atoms with Gasteiger partial charge in [-0.25, -0.2) is 4.98 Å². The molecule has 0 aliphatic rings. The summed E-state index contributed by atoms with van der Waals surface area (Å²) in [4.78, 5) is 18.1. The summed E-state index contributed by atoms with van der Waals surface area (Å²) >= 11 is 10.5. The summed E-state index contributed by atoms with van der Waals surface area (Å²) in [6.45, 7) is 6.50. The van der Waals surface area contributed by atoms with Crippen LogP contribution in [-0.4, -0.2) is 29.1 Å². The number of ether oxygens (including phenoxy) is 2. The van der Waals surface area contributed by atoms with Crippen molar-refractivity contribution in [2.24, 2.45) is 5.10 Å². The molecule has 0 bridgehead atoms. The van der Waals surface area contributed by atoms with E-state index >= 15 is 0 Å². The minimum atomic E-state index is -0.234. The molecule has 3 rings (SSSR count). The molecule has 1 heterocycles. The molecule has 172 valence electrons. The molecule has 0 saturated carbocycles. The predicted molar refractivity (Wildman–Crippen MR) is 143 cm³/mol. The second-order valence-electron chi connectivity index (χ2n) is 7.15. The molecule has 2 aromatic carbocycles. The molecule has 0 spiro atoms. The van der Waals surface area contributed by atoms with Crippen LogP contribution in [0.25, 0.3) is 10.9 Å². The molecule has 9 heteroatoms. The van der Waals surface area contributed by atoms with Gasteiger partial charge in [-0.3, -0.25) is 4.79 Å². The zero-order valence-electron chi connectivity index (χ0n) is 18.4. The van der Waals surface area contributed by atoms with Gasteiger partial charge in [0, 0.05) is 20.4 Å². The lowest BCUT2D eigenvalue weighted by atomic mass is 10.1. The quantitative estimate of drug-likeness (QED) is 0.209. The van der Waals surface area contributed by atoms with Gasteiger partial charge in [-0.05, 0) is 69.5 Å². The maximum absolute atomic E-state index is 13.3. The number of terminal acetylenes is 1. The third-order valence-electron chi connectivity index (χ3n) is 4.95. The van der Waals surface area contributed by atoms with Crippen LogP contribution in [0, 0.1) is 12.3 Å². The van der Waals surface area contributed by atoms with Gasteiger partial charge in [0.2, 0.25) is 0 Å². The van der Waals surface area contributed by atoms with Crippen molar-refractivity contribution in [2.45, 2.75) is 33.1 Å². The molecule has 0 saturated heterocycles. The van der Waals surface area contributed by atoms with Crippen LogP contribution >= 0.6 is 47.8 Å². The minimum absolute atomic E-state index is 0.0385. The molecule has 0 aliphatic heterocycles. The molecule has 0 radical (unpaired) electrons. The maximum atomic E-state index is 13.3. The summed E-state index contributed by atoms with van der Waals surface area (Å²) in [5.41, 5.74) is 1.10. The number of hydrogen-bond acceptors (Lipinski definition) is 5. The van der Waals surface area contributed by atoms with Gasteiger partial charge in [0.15, 0.2) is 11.5 Å². The van der Waals surface area contributed by atoms with Gasteiger partial charge >= 0.3 is 0 Å². The number of rotatable bonds is 8. The molecule has 1 aromatic heterocycles. The van der Waals surface area contributed by atoms with Crippen molar-refractivity contribution in [3.8, 4) is 23.8 Å². The van der Waals surface area contributed by atoms with Crippen LogP contribution in [0.15, 0.2) is 47.6 Å². The van der Waals surface area contributed by atoms with Gasteiger partial charge in [0.1, 0.15) is 12.4 Å². The number of aromatic nitrogens is 2. The van der Waals surface area contributed by atoms with Crippen molar-refractivity contribution in [3.05, 3.63) is 59.4 Å². The predicted octanol–water partition coefficient (Wildman–Crippen LogP) is 6.49. The van der Waals surface area contributed by atoms with Crippen LogP contribution in [0.2, 0.25) is 0 Å². The van der Waals surface area contributed by atoms with Crippen LogP contribution in [0.3, 0.4) is 0 Å². The highest BCUT2D eigenvalue weighted by atomic mass is 79.9. The third kappa shape index (κ3) is 5.51. The Hall–Kier alpha value is -2.15. The summed E-state index contributed by atoms with van der Waals surface area (Å²) in [6.07, 6.45) is 7.75. The molecule has 0 amide bonds. The van der Waals surface area contributed by atoms with Crippen LogP contribution in [0.1, 0.15) is 44.5 Å². The smallest absolute Gasteiger partial charge is 0.282 e. The van der Waals surface area contributed by atoms with Crippen LogP contribution < -0.4 is 15.0 Å². The van der Waals surface area contributed by atoms with Crippen molar-refractivity contribution in [1.82, 2.24) is 9.66 Å². The SMILES string of the molecule is C#CCOc1c(OCC)cc(C=Nn2c([C@H](C)CC)nc3ccc(Br)cc3c2=O)c(Br)c1Br. The lowest BCUT2D eigenvalue weighted by Crippen LogP contribution is -2.23. The number of fused-ring (bicyclic) bond motifs is 1. The van der Waals surface area contributed by atoms with Crippen molar-refractivity contribution < 1.29 is 9.47 Å². The monoisotopic (exact) mass is 637 g/mol. The van der Waals surface area contributed by atoms with E-state index in [1.165, 1.54) is 4.68 Å². The summed E-state index contributed by atoms with van der Waals surface area (Å²) in [5.74, 6) is 4.10. The van der Waals surface area contributed by atoms with Gasteiger partial charge in [0.05, 0.1) is 28.2 Å². The lowest BCUT2D eigenvalue weighted by molar-refractivity contribution is 0.297. The number of halogens is 3. The van der Waals surface area contributed by atoms with E-state index in [0.29, 0.717) is 49.3 Å². The first kappa shape index (κ1) is 25.5. The Morgan fingerprint density at radius 3 is 2.64 bits per heavy atom. The van der Waals surface area contributed by atoms with Crippen molar-refractivity contribution in [2.75, 3.05) is 13.2 Å². The Morgan fingerprint density at radius 1 is 1.21 bits per heavy atom. The zero-order chi connectivity index (χ0) is 24.1. The van der Waals surface area contributed by atoms with Crippen molar-refractivity contribution >= 4 is 64.9 Å². The van der Waals surface area contributed by atoms with E-state index in [9.17, 15) is 4.79 Å². The average molecular weight is 640 g/mol. The third-order valence-corrected chi connectivity index (χ3v) is 7.59. The van der Waals surface area contributed by atoms with E-state index in [0.717, 1.165) is 10.9 Å². The van der Waals surface area contributed by atoms with Crippen LogP contribution in [-0.2, 0) is 0 Å². The van der Waals surface area contributed by atoms with E-state index in [1.54, 1.807) is 18.3 Å². The van der Waals surface area contributed by atoms with E-state index in [4.69, 9.17) is 20.9 Å². The highest BCUT2D eigenvalue weighted by Gasteiger charge is 2.18. The first-order chi connectivity index (χ1) is 15.8. The topological polar surface area (TPSA) is 65.7 Å². The molecule has 0 N–H and O–H groups in total. The first-order valence-corrected chi connectivity index (χ1v) is 12.7. The molecule has 3 aromatic rings. The van der Waals surface area contributed by atoms with Crippen LogP contribution in [0.5, 0.6) is 11.5 Å². The molecular formula is C24H22Br3N3O3. The van der Waals surface area contributed by atoms with Crippen molar-refractivity contribution in [1.29, 1.82) is 0 Å². The highest BCUT2D eigenvalue weighted by Crippen LogP contribution is 2.42. The minimum Gasteiger partial charge on any atom is -0.490 e. The fraction of sp³-hybridized carbons (Fsp3) is 0.292. The summed E-state index contributed by atoms with van der Waals surface area (Å²) in [7, 11) is 0. The second-order valence-corrected chi connectivity index (χ2v) is 9.65.